The van der Waals surface area contributed by atoms with Crippen LogP contribution in [0.2, 0.25) is 0 Å². The molecule has 0 bridgehead atoms. The van der Waals surface area contributed by atoms with E-state index >= 15 is 0 Å². The smallest absolute Gasteiger partial charge is 0.450 e. The van der Waals surface area contributed by atoms with Crippen molar-refractivity contribution in [3.63, 3.8) is 0 Å². The number of methoxy groups -OCH3 is 1. The number of hydrogen-bond acceptors (Lipinski definition) is 3. The monoisotopic (exact) mass is 269 g/mol. The molecule has 0 aromatic rings. The van der Waals surface area contributed by atoms with E-state index < -0.39 is 30.8 Å². The van der Waals surface area contributed by atoms with Crippen LogP contribution in [0.5, 0.6) is 0 Å². The predicted molar refractivity (Wildman–Crippen MR) is 42.0 cm³/mol. The number of amides is 1. The van der Waals surface area contributed by atoms with Crippen LogP contribution in [0, 0.1) is 0 Å². The lowest BCUT2D eigenvalue weighted by Crippen LogP contribution is -2.66. The maximum atomic E-state index is 13.2. The van der Waals surface area contributed by atoms with Crippen molar-refractivity contribution in [2.75, 3.05) is 13.7 Å². The van der Waals surface area contributed by atoms with Crippen LogP contribution >= 0.6 is 0 Å². The Kier molecular flexibility index (Phi) is 4.63. The maximum absolute atomic E-state index is 13.2. The molecular weight excluding hydrogens is 260 g/mol. The highest BCUT2D eigenvalue weighted by Crippen LogP contribution is 2.43. The first-order valence-electron chi connectivity index (χ1n) is 4.15. The number of alkyl carbamates (subject to hydrolysis) is 1. The van der Waals surface area contributed by atoms with Crippen LogP contribution in [0.4, 0.5) is 31.1 Å². The van der Waals surface area contributed by atoms with Gasteiger partial charge in [-0.05, 0) is 6.92 Å². The molecule has 17 heavy (non-hydrogen) atoms. The average Bonchev–Trinajstić information content (AvgIpc) is 2.15. The van der Waals surface area contributed by atoms with Gasteiger partial charge in [0.05, 0.1) is 6.61 Å². The van der Waals surface area contributed by atoms with E-state index in [0.29, 0.717) is 5.32 Å². The van der Waals surface area contributed by atoms with Crippen molar-refractivity contribution < 1.29 is 40.6 Å². The second kappa shape index (κ2) is 4.98. The van der Waals surface area contributed by atoms with Crippen molar-refractivity contribution in [1.82, 2.24) is 5.32 Å². The summed E-state index contributed by atoms with van der Waals surface area (Å²) in [6, 6.07) is 0. The molecule has 0 aliphatic heterocycles. The summed E-state index contributed by atoms with van der Waals surface area (Å²) in [4.78, 5) is 10.6. The van der Waals surface area contributed by atoms with Gasteiger partial charge in [0, 0.05) is 7.11 Å². The molecule has 0 rings (SSSR count). The summed E-state index contributed by atoms with van der Waals surface area (Å²) in [6.07, 6.45) is -13.4. The van der Waals surface area contributed by atoms with E-state index in [4.69, 9.17) is 0 Å². The maximum Gasteiger partial charge on any atom is 0.451 e. The van der Waals surface area contributed by atoms with Gasteiger partial charge in [-0.2, -0.15) is 26.3 Å². The van der Waals surface area contributed by atoms with Crippen LogP contribution in [0.1, 0.15) is 6.92 Å². The molecule has 0 heterocycles. The number of hydrogen-bond donors (Lipinski definition) is 1. The van der Waals surface area contributed by atoms with Crippen molar-refractivity contribution >= 4 is 6.09 Å². The summed E-state index contributed by atoms with van der Waals surface area (Å²) in [5.41, 5.74) is 0. The van der Waals surface area contributed by atoms with E-state index in [2.05, 4.69) is 9.47 Å². The van der Waals surface area contributed by atoms with Gasteiger partial charge in [0.2, 0.25) is 0 Å². The minimum atomic E-state index is -6.08. The number of carbonyl (C=O) groups excluding carboxylic acids is 1. The Morgan fingerprint density at radius 2 is 1.65 bits per heavy atom. The van der Waals surface area contributed by atoms with Gasteiger partial charge in [-0.25, -0.2) is 4.79 Å². The van der Waals surface area contributed by atoms with Gasteiger partial charge in [0.25, 0.3) is 0 Å². The number of nitrogens with one attached hydrogen (secondary N) is 1. The van der Waals surface area contributed by atoms with Gasteiger partial charge in [-0.15, -0.1) is 0 Å². The molecule has 102 valence electrons. The highest BCUT2D eigenvalue weighted by Gasteiger charge is 2.74. The van der Waals surface area contributed by atoms with E-state index in [1.165, 1.54) is 6.92 Å². The Morgan fingerprint density at radius 3 is 1.94 bits per heavy atom. The highest BCUT2D eigenvalue weighted by molar-refractivity contribution is 5.68. The molecule has 4 nitrogen and oxygen atoms in total. The van der Waals surface area contributed by atoms with E-state index in [1.807, 2.05) is 0 Å². The van der Waals surface area contributed by atoms with Crippen molar-refractivity contribution in [1.29, 1.82) is 0 Å². The zero-order valence-corrected chi connectivity index (χ0v) is 8.70. The highest BCUT2D eigenvalue weighted by atomic mass is 19.4. The molecule has 1 unspecified atom stereocenters. The number of carbonyl (C=O) groups is 1. The molecule has 0 saturated heterocycles. The fourth-order valence-electron chi connectivity index (χ4n) is 0.757. The Bertz CT molecular complexity index is 281. The lowest BCUT2D eigenvalue weighted by molar-refractivity contribution is -0.382. The van der Waals surface area contributed by atoms with Gasteiger partial charge in [0.1, 0.15) is 0 Å². The first-order valence-corrected chi connectivity index (χ1v) is 4.15. The molecule has 0 aromatic carbocycles. The molecule has 0 aliphatic rings. The van der Waals surface area contributed by atoms with E-state index in [9.17, 15) is 31.1 Å². The van der Waals surface area contributed by atoms with E-state index in [1.54, 1.807) is 0 Å². The SMILES string of the molecule is CCOC(=O)NC(F)(C(F)(F)F)C(F)(F)OC. The van der Waals surface area contributed by atoms with Crippen molar-refractivity contribution in [3.05, 3.63) is 0 Å². The predicted octanol–water partition coefficient (Wildman–Crippen LogP) is 2.20. The molecular formula is C7H9F6NO3. The second-order valence-corrected chi connectivity index (χ2v) is 2.72. The molecule has 1 atom stereocenters. The fraction of sp³-hybridized carbons (Fsp3) is 0.857. The minimum absolute atomic E-state index is 0.160. The lowest BCUT2D eigenvalue weighted by Gasteiger charge is -2.33. The molecule has 0 fully saturated rings. The van der Waals surface area contributed by atoms with Crippen molar-refractivity contribution in [2.24, 2.45) is 0 Å². The van der Waals surface area contributed by atoms with E-state index in [0.717, 1.165) is 0 Å². The fourth-order valence-corrected chi connectivity index (χ4v) is 0.757. The molecule has 0 saturated carbocycles. The summed E-state index contributed by atoms with van der Waals surface area (Å²) in [5.74, 6) is -5.37. The number of halogens is 6. The quantitative estimate of drug-likeness (QED) is 0.628. The van der Waals surface area contributed by atoms with Crippen LogP contribution in [0.15, 0.2) is 0 Å². The minimum Gasteiger partial charge on any atom is -0.450 e. The summed E-state index contributed by atoms with van der Waals surface area (Å²) < 4.78 is 82.2. The Labute approximate surface area is 91.9 Å². The summed E-state index contributed by atoms with van der Waals surface area (Å²) >= 11 is 0. The molecule has 0 spiro atoms. The third-order valence-corrected chi connectivity index (χ3v) is 1.60. The second-order valence-electron chi connectivity index (χ2n) is 2.72. The molecule has 10 heteroatoms. The zero-order valence-electron chi connectivity index (χ0n) is 8.70. The number of alkyl halides is 6. The van der Waals surface area contributed by atoms with Gasteiger partial charge < -0.3 is 9.47 Å². The first kappa shape index (κ1) is 15.8. The van der Waals surface area contributed by atoms with Crippen LogP contribution in [0.25, 0.3) is 0 Å². The topological polar surface area (TPSA) is 47.6 Å². The van der Waals surface area contributed by atoms with Gasteiger partial charge in [-0.3, -0.25) is 5.32 Å². The summed E-state index contributed by atoms with van der Waals surface area (Å²) in [5, 5.41) is 0.398. The average molecular weight is 269 g/mol. The molecule has 0 radical (unpaired) electrons. The number of ether oxygens (including phenoxy) is 2. The third-order valence-electron chi connectivity index (χ3n) is 1.60. The normalized spacial score (nSPS) is 16.2. The third kappa shape index (κ3) is 3.14. The van der Waals surface area contributed by atoms with Crippen LogP contribution in [0.3, 0.4) is 0 Å². The van der Waals surface area contributed by atoms with E-state index in [-0.39, 0.29) is 7.11 Å². The Hall–Kier alpha value is -1.19. The molecule has 1 amide bonds. The Morgan fingerprint density at radius 1 is 1.18 bits per heavy atom. The van der Waals surface area contributed by atoms with Gasteiger partial charge in [0.15, 0.2) is 0 Å². The molecule has 1 N–H and O–H groups in total. The largest absolute Gasteiger partial charge is 0.451 e. The lowest BCUT2D eigenvalue weighted by atomic mass is 10.2. The Balaban J connectivity index is 5.21. The van der Waals surface area contributed by atoms with Crippen LogP contribution in [-0.4, -0.2) is 37.9 Å². The standard InChI is InChI=1S/C7H9F6NO3/c1-3-17-4(15)14-5(8,6(9,10)11)7(12,13)16-2/h3H2,1-2H3,(H,14,15). The van der Waals surface area contributed by atoms with Crippen molar-refractivity contribution in [3.8, 4) is 0 Å². The van der Waals surface area contributed by atoms with Crippen molar-refractivity contribution in [2.45, 2.75) is 25.0 Å². The van der Waals surface area contributed by atoms with Crippen LogP contribution in [-0.2, 0) is 9.47 Å². The molecule has 0 aromatic heterocycles. The van der Waals surface area contributed by atoms with Gasteiger partial charge in [-0.1, -0.05) is 0 Å². The van der Waals surface area contributed by atoms with Crippen LogP contribution < -0.4 is 5.32 Å². The van der Waals surface area contributed by atoms with Gasteiger partial charge >= 0.3 is 24.2 Å². The summed E-state index contributed by atoms with van der Waals surface area (Å²) in [7, 11) is 0.160. The number of rotatable bonds is 4. The first-order chi connectivity index (χ1) is 7.52. The molecule has 0 aliphatic carbocycles. The summed E-state index contributed by atoms with van der Waals surface area (Å²) in [6.45, 7) is 0.778. The zero-order chi connectivity index (χ0) is 13.9.